The Hall–Kier alpha value is -2.95. The molecule has 4 rings (SSSR count). The molecular formula is C18H16N3O2+. The summed E-state index contributed by atoms with van der Waals surface area (Å²) < 4.78 is 3.47. The molecule has 1 aliphatic rings. The van der Waals surface area contributed by atoms with Crippen LogP contribution in [0.3, 0.4) is 0 Å². The van der Waals surface area contributed by atoms with Gasteiger partial charge in [-0.3, -0.25) is 4.79 Å². The van der Waals surface area contributed by atoms with E-state index in [1.54, 1.807) is 4.70 Å². The van der Waals surface area contributed by atoms with Gasteiger partial charge in [-0.25, -0.2) is 0 Å². The lowest BCUT2D eigenvalue weighted by molar-refractivity contribution is -0.495. The molecule has 1 N–H and O–H groups in total. The van der Waals surface area contributed by atoms with E-state index in [0.29, 0.717) is 25.2 Å². The van der Waals surface area contributed by atoms with Crippen LogP contribution in [0.1, 0.15) is 12.0 Å². The number of para-hydroxylation sites is 1. The van der Waals surface area contributed by atoms with Crippen LogP contribution in [0.2, 0.25) is 0 Å². The van der Waals surface area contributed by atoms with E-state index in [1.165, 1.54) is 0 Å². The van der Waals surface area contributed by atoms with Crippen LogP contribution >= 0.6 is 0 Å². The molecule has 0 unspecified atom stereocenters. The molecule has 0 atom stereocenters. The van der Waals surface area contributed by atoms with Crippen molar-refractivity contribution in [3.8, 4) is 5.88 Å². The van der Waals surface area contributed by atoms with Gasteiger partial charge in [-0.15, -0.1) is 0 Å². The Labute approximate surface area is 133 Å². The number of nitrogens with zero attached hydrogens (tertiary/aromatic N) is 3. The van der Waals surface area contributed by atoms with Crippen LogP contribution in [0.5, 0.6) is 5.88 Å². The number of amides is 1. The monoisotopic (exact) mass is 306 g/mol. The lowest BCUT2D eigenvalue weighted by Gasteiger charge is -2.06. The van der Waals surface area contributed by atoms with E-state index in [0.717, 1.165) is 16.5 Å². The van der Waals surface area contributed by atoms with Crippen LogP contribution in [0.25, 0.3) is 10.9 Å². The summed E-state index contributed by atoms with van der Waals surface area (Å²) in [5.74, 6) is -0.00204. The zero-order valence-corrected chi connectivity index (χ0v) is 12.5. The third-order valence-electron chi connectivity index (χ3n) is 4.13. The van der Waals surface area contributed by atoms with Gasteiger partial charge in [0.25, 0.3) is 5.88 Å². The minimum Gasteiger partial charge on any atom is -0.490 e. The molecule has 3 aromatic rings. The maximum absolute atomic E-state index is 11.5. The average molecular weight is 306 g/mol. The largest absolute Gasteiger partial charge is 0.490 e. The van der Waals surface area contributed by atoms with E-state index in [9.17, 15) is 9.90 Å². The van der Waals surface area contributed by atoms with Crippen LogP contribution in [0.15, 0.2) is 59.7 Å². The molecule has 1 aromatic heterocycles. The number of aromatic hydroxyl groups is 1. The number of rotatable bonds is 3. The molecule has 23 heavy (non-hydrogen) atoms. The van der Waals surface area contributed by atoms with Crippen molar-refractivity contribution in [3.63, 3.8) is 0 Å². The maximum Gasteiger partial charge on any atom is 0.315 e. The molecule has 0 aliphatic carbocycles. The van der Waals surface area contributed by atoms with Gasteiger partial charge in [0.1, 0.15) is 0 Å². The topological polar surface area (TPSA) is 57.6 Å². The fourth-order valence-electron chi connectivity index (χ4n) is 3.05. The number of fused-ring (bicyclic) bond motifs is 1. The summed E-state index contributed by atoms with van der Waals surface area (Å²) in [6.45, 7) is 1.07. The molecule has 0 radical (unpaired) electrons. The summed E-state index contributed by atoms with van der Waals surface area (Å²) in [6, 6.07) is 17.8. The molecular weight excluding hydrogens is 290 g/mol. The quantitative estimate of drug-likeness (QED) is 0.754. The van der Waals surface area contributed by atoms with Crippen molar-refractivity contribution < 1.29 is 14.6 Å². The summed E-state index contributed by atoms with van der Waals surface area (Å²) in [5, 5.41) is 15.7. The molecule has 0 bridgehead atoms. The van der Waals surface area contributed by atoms with Crippen molar-refractivity contribution in [2.75, 3.05) is 6.54 Å². The summed E-state index contributed by atoms with van der Waals surface area (Å²) in [4.78, 5) is 11.5. The fraction of sp³-hybridized carbons (Fsp3) is 0.167. The van der Waals surface area contributed by atoms with E-state index in [1.807, 2.05) is 59.2 Å². The van der Waals surface area contributed by atoms with E-state index < -0.39 is 0 Å². The Morgan fingerprint density at radius 2 is 1.83 bits per heavy atom. The summed E-state index contributed by atoms with van der Waals surface area (Å²) >= 11 is 0. The first-order valence-corrected chi connectivity index (χ1v) is 7.60. The van der Waals surface area contributed by atoms with Crippen molar-refractivity contribution in [2.24, 2.45) is 5.11 Å². The number of carbonyl (C=O) groups excluding carboxylic acids is 1. The van der Waals surface area contributed by atoms with Crippen LogP contribution in [-0.2, 0) is 11.3 Å². The van der Waals surface area contributed by atoms with Gasteiger partial charge < -0.3 is 9.67 Å². The van der Waals surface area contributed by atoms with Gasteiger partial charge in [-0.1, -0.05) is 47.2 Å². The van der Waals surface area contributed by atoms with Gasteiger partial charge in [0.15, 0.2) is 6.54 Å². The number of benzene rings is 2. The molecule has 5 nitrogen and oxygen atoms in total. The third kappa shape index (κ3) is 2.30. The smallest absolute Gasteiger partial charge is 0.315 e. The molecule has 0 spiro atoms. The Morgan fingerprint density at radius 1 is 1.09 bits per heavy atom. The first kappa shape index (κ1) is 13.7. The molecule has 0 saturated carbocycles. The summed E-state index contributed by atoms with van der Waals surface area (Å²) in [6.07, 6.45) is 0.387. The van der Waals surface area contributed by atoms with Crippen LogP contribution in [-0.4, -0.2) is 26.8 Å². The predicted octanol–water partition coefficient (Wildman–Crippen LogP) is 3.42. The van der Waals surface area contributed by atoms with Gasteiger partial charge in [-0.2, -0.15) is 0 Å². The van der Waals surface area contributed by atoms with E-state index in [2.05, 4.69) is 5.11 Å². The van der Waals surface area contributed by atoms with Crippen molar-refractivity contribution in [1.29, 1.82) is 0 Å². The fourth-order valence-corrected chi connectivity index (χ4v) is 3.05. The maximum atomic E-state index is 11.5. The number of hydrogen-bond donors (Lipinski definition) is 1. The Balaban J connectivity index is 1.90. The first-order chi connectivity index (χ1) is 11.2. The minimum absolute atomic E-state index is 0.147. The SMILES string of the molecule is O=C1CC[N+](c2c(O)n(Cc3ccccc3)c3ccccc23)=N1. The second-order valence-corrected chi connectivity index (χ2v) is 5.63. The number of hydrogen-bond acceptors (Lipinski definition) is 2. The summed E-state index contributed by atoms with van der Waals surface area (Å²) in [7, 11) is 0. The minimum atomic E-state index is -0.149. The molecule has 1 aliphatic heterocycles. The van der Waals surface area contributed by atoms with Gasteiger partial charge in [0, 0.05) is 5.11 Å². The van der Waals surface area contributed by atoms with E-state index in [4.69, 9.17) is 0 Å². The average Bonchev–Trinajstić information content (AvgIpc) is 3.11. The molecule has 0 fully saturated rings. The number of carbonyl (C=O) groups is 1. The van der Waals surface area contributed by atoms with Crippen molar-refractivity contribution in [2.45, 2.75) is 13.0 Å². The molecule has 114 valence electrons. The number of azo groups is 2. The van der Waals surface area contributed by atoms with Gasteiger partial charge >= 0.3 is 11.6 Å². The predicted molar refractivity (Wildman–Crippen MR) is 86.0 cm³/mol. The van der Waals surface area contributed by atoms with Gasteiger partial charge in [0.05, 0.1) is 23.9 Å². The Kier molecular flexibility index (Phi) is 3.19. The van der Waals surface area contributed by atoms with Crippen molar-refractivity contribution in [3.05, 3.63) is 60.2 Å². The highest BCUT2D eigenvalue weighted by Crippen LogP contribution is 2.39. The second kappa shape index (κ2) is 5.35. The van der Waals surface area contributed by atoms with Crippen molar-refractivity contribution >= 4 is 22.5 Å². The standard InChI is InChI=1S/C18H15N3O2/c22-16-10-11-21(19-16)17-14-8-4-5-9-15(14)20(18(17)23)12-13-6-2-1-3-7-13/h1-9H,10-12H2/p+1. The van der Waals surface area contributed by atoms with Crippen LogP contribution < -0.4 is 0 Å². The highest BCUT2D eigenvalue weighted by atomic mass is 16.3. The van der Waals surface area contributed by atoms with Gasteiger partial charge in [0.2, 0.25) is 0 Å². The Bertz CT molecular complexity index is 926. The van der Waals surface area contributed by atoms with Crippen LogP contribution in [0.4, 0.5) is 5.69 Å². The van der Waals surface area contributed by atoms with E-state index in [-0.39, 0.29) is 11.8 Å². The second-order valence-electron chi connectivity index (χ2n) is 5.63. The zero-order chi connectivity index (χ0) is 15.8. The van der Waals surface area contributed by atoms with Crippen molar-refractivity contribution in [1.82, 2.24) is 4.57 Å². The highest BCUT2D eigenvalue weighted by molar-refractivity contribution is 5.93. The molecule has 1 amide bonds. The first-order valence-electron chi connectivity index (χ1n) is 7.60. The Morgan fingerprint density at radius 3 is 2.57 bits per heavy atom. The molecule has 2 aromatic carbocycles. The number of aromatic nitrogens is 1. The van der Waals surface area contributed by atoms with E-state index >= 15 is 0 Å². The third-order valence-corrected chi connectivity index (χ3v) is 4.13. The molecule has 0 saturated heterocycles. The zero-order valence-electron chi connectivity index (χ0n) is 12.5. The summed E-state index contributed by atoms with van der Waals surface area (Å²) in [5.41, 5.74) is 2.64. The van der Waals surface area contributed by atoms with Crippen LogP contribution in [0, 0.1) is 0 Å². The lowest BCUT2D eigenvalue weighted by Crippen LogP contribution is -2.00. The highest BCUT2D eigenvalue weighted by Gasteiger charge is 2.32. The molecule has 2 heterocycles. The molecule has 5 heteroatoms. The normalized spacial score (nSPS) is 14.4. The van der Waals surface area contributed by atoms with Gasteiger partial charge in [-0.05, 0) is 17.7 Å². The lowest BCUT2D eigenvalue weighted by atomic mass is 10.2.